The predicted octanol–water partition coefficient (Wildman–Crippen LogP) is 1.75. The van der Waals surface area contributed by atoms with E-state index in [1.165, 1.54) is 28.4 Å². The van der Waals surface area contributed by atoms with E-state index in [2.05, 4.69) is 41.9 Å². The van der Waals surface area contributed by atoms with E-state index >= 15 is 0 Å². The van der Waals surface area contributed by atoms with Crippen LogP contribution in [-0.2, 0) is 33.5 Å². The van der Waals surface area contributed by atoms with E-state index < -0.39 is 107 Å². The van der Waals surface area contributed by atoms with Gasteiger partial charge in [-0.15, -0.1) is 0 Å². The van der Waals surface area contributed by atoms with Gasteiger partial charge in [0.1, 0.15) is 29.4 Å². The quantitative estimate of drug-likeness (QED) is 0.113. The molecule has 2 fully saturated rings. The first kappa shape index (κ1) is 53.4. The Morgan fingerprint density at radius 2 is 1.52 bits per heavy atom. The van der Waals surface area contributed by atoms with Crippen molar-refractivity contribution in [2.75, 3.05) is 33.7 Å². The second-order valence-corrected chi connectivity index (χ2v) is 19.6. The molecule has 1 aliphatic heterocycles. The van der Waals surface area contributed by atoms with Crippen LogP contribution in [0.25, 0.3) is 0 Å². The number of hydrogen-bond donors (Lipinski definition) is 7. The highest BCUT2D eigenvalue weighted by atomic mass is 16.6. The Balaban J connectivity index is 1.51. The van der Waals surface area contributed by atoms with Gasteiger partial charge in [-0.3, -0.25) is 38.5 Å². The zero-order chi connectivity index (χ0) is 49.6. The molecule has 0 bridgehead atoms. The van der Waals surface area contributed by atoms with Crippen LogP contribution in [0.2, 0.25) is 0 Å². The summed E-state index contributed by atoms with van der Waals surface area (Å²) < 4.78 is 5.61. The van der Waals surface area contributed by atoms with Crippen LogP contribution >= 0.6 is 0 Å². The van der Waals surface area contributed by atoms with Gasteiger partial charge in [0.2, 0.25) is 29.5 Å². The van der Waals surface area contributed by atoms with Gasteiger partial charge >= 0.3 is 6.09 Å². The maximum absolute atomic E-state index is 14.4. The molecule has 4 rings (SSSR count). The lowest BCUT2D eigenvalue weighted by molar-refractivity contribution is -0.136. The molecule has 2 aliphatic rings. The number of nitrogens with one attached hydrogen (secondary N) is 6. The molecule has 7 N–H and O–H groups in total. The first-order valence-corrected chi connectivity index (χ1v) is 23.0. The topological polar surface area (TPSA) is 270 Å². The second kappa shape index (κ2) is 24.0. The van der Waals surface area contributed by atoms with Crippen LogP contribution in [0, 0.1) is 17.3 Å². The number of aliphatic hydroxyl groups is 1. The molecule has 1 aliphatic carbocycles. The number of nitrogens with zero attached hydrogens (tertiary/aromatic N) is 4. The third-order valence-electron chi connectivity index (χ3n) is 11.7. The van der Waals surface area contributed by atoms with Crippen molar-refractivity contribution in [2.45, 2.75) is 135 Å². The highest BCUT2D eigenvalue weighted by Gasteiger charge is 2.45. The summed E-state index contributed by atoms with van der Waals surface area (Å²) in [6, 6.07) is 3.18. The number of amides is 8. The van der Waals surface area contributed by atoms with Gasteiger partial charge in [-0.2, -0.15) is 0 Å². The Bertz CT molecular complexity index is 2040. The summed E-state index contributed by atoms with van der Waals surface area (Å²) in [6.07, 6.45) is 6.19. The number of carbonyl (C=O) groups is 8. The van der Waals surface area contributed by atoms with Crippen molar-refractivity contribution < 1.29 is 48.2 Å². The molecule has 20 heteroatoms. The van der Waals surface area contributed by atoms with Crippen molar-refractivity contribution in [3.8, 4) is 0 Å². The molecule has 7 atom stereocenters. The minimum atomic E-state index is -1.83. The zero-order valence-corrected chi connectivity index (χ0v) is 40.2. The monoisotopic (exact) mass is 935 g/mol. The molecule has 1 aromatic carbocycles. The molecule has 67 heavy (non-hydrogen) atoms. The number of aliphatic hydroxyl groups excluding tert-OH is 1. The number of ether oxygens (including phenoxy) is 1. The summed E-state index contributed by atoms with van der Waals surface area (Å²) in [5, 5.41) is 27.7. The molecule has 2 heterocycles. The summed E-state index contributed by atoms with van der Waals surface area (Å²) in [4.78, 5) is 120. The van der Waals surface area contributed by atoms with Crippen molar-refractivity contribution in [1.29, 1.82) is 0 Å². The average molecular weight is 935 g/mol. The molecule has 1 aromatic heterocycles. The summed E-state index contributed by atoms with van der Waals surface area (Å²) in [5.74, 6) is -5.87. The summed E-state index contributed by atoms with van der Waals surface area (Å²) in [7, 11) is 3.09. The number of rotatable bonds is 18. The van der Waals surface area contributed by atoms with Crippen molar-refractivity contribution in [3.63, 3.8) is 0 Å². The average Bonchev–Trinajstić information content (AvgIpc) is 3.71. The van der Waals surface area contributed by atoms with Gasteiger partial charge < -0.3 is 51.5 Å². The standard InChI is InChI=1S/C47H70N10O10/c1-10-17-31(37(59)42(63)50-25-34(58)53-36(44(65)56(8)9)29-20-15-12-16-21-29)51-39(60)30-26-57(45(66)67-47(5,6)7)27-33(30)52-43(64)38(46(2,3)4)55-41(62)35(28-18-13-11-14-19-28)54-40(61)32-24-48-22-23-49-32/h12,15-16,20-24,28,30-31,33,35-38,59H,10-11,13-14,17-19,25-27H2,1-9H3,(H,50,63)(H,51,60)(H,52,64)(H,53,58)(H,54,61)(H,55,62)/t30-,31+,33+,35+,36+,37?,38+/m1/s1. The van der Waals surface area contributed by atoms with E-state index in [0.29, 0.717) is 24.8 Å². The van der Waals surface area contributed by atoms with Crippen LogP contribution in [0.15, 0.2) is 48.9 Å². The SMILES string of the molecule is CCC[C@H](NC(=O)[C@@H]1CN(C(=O)OC(C)(C)C)C[C@@H]1NC(=O)[C@H](NC(=O)[C@@H](NC(=O)c1cnccn1)C1CCCCC1)C(C)(C)C)C(O)C(=O)NCC(=O)N[C@H](C(=O)N(C)C)c1ccccc1. The normalized spacial score (nSPS) is 18.7. The molecule has 1 unspecified atom stereocenters. The number of likely N-dealkylation sites (N-methyl/N-ethyl adjacent to an activating group) is 1. The summed E-state index contributed by atoms with van der Waals surface area (Å²) in [6.45, 7) is 11.2. The minimum Gasteiger partial charge on any atom is -0.444 e. The van der Waals surface area contributed by atoms with Crippen molar-refractivity contribution in [2.24, 2.45) is 17.3 Å². The number of likely N-dealkylation sites (tertiary alicyclic amines) is 1. The molecule has 368 valence electrons. The van der Waals surface area contributed by atoms with E-state index in [4.69, 9.17) is 4.74 Å². The van der Waals surface area contributed by atoms with Gasteiger partial charge in [0.15, 0.2) is 6.10 Å². The smallest absolute Gasteiger partial charge is 0.410 e. The molecule has 1 saturated heterocycles. The van der Waals surface area contributed by atoms with Crippen LogP contribution in [0.3, 0.4) is 0 Å². The number of benzene rings is 1. The maximum atomic E-state index is 14.4. The molecule has 1 saturated carbocycles. The molecule has 8 amide bonds. The fourth-order valence-corrected chi connectivity index (χ4v) is 8.13. The number of hydrogen-bond acceptors (Lipinski definition) is 12. The van der Waals surface area contributed by atoms with Gasteiger partial charge in [-0.25, -0.2) is 9.78 Å². The lowest BCUT2D eigenvalue weighted by Gasteiger charge is -2.35. The van der Waals surface area contributed by atoms with Crippen LogP contribution < -0.4 is 31.9 Å². The minimum absolute atomic E-state index is 0.0326. The fraction of sp³-hybridized carbons (Fsp3) is 0.617. The van der Waals surface area contributed by atoms with E-state index in [9.17, 15) is 43.5 Å². The Hall–Kier alpha value is -6.18. The first-order valence-electron chi connectivity index (χ1n) is 23.0. The zero-order valence-electron chi connectivity index (χ0n) is 40.2. The predicted molar refractivity (Wildman–Crippen MR) is 246 cm³/mol. The Labute approximate surface area is 392 Å². The lowest BCUT2D eigenvalue weighted by Crippen LogP contribution is -2.61. The Morgan fingerprint density at radius 3 is 2.10 bits per heavy atom. The van der Waals surface area contributed by atoms with Crippen LogP contribution in [0.4, 0.5) is 4.79 Å². The first-order chi connectivity index (χ1) is 31.5. The highest BCUT2D eigenvalue weighted by Crippen LogP contribution is 2.29. The van der Waals surface area contributed by atoms with E-state index in [0.717, 1.165) is 19.3 Å². The third kappa shape index (κ3) is 15.7. The maximum Gasteiger partial charge on any atom is 0.410 e. The molecule has 20 nitrogen and oxygen atoms in total. The van der Waals surface area contributed by atoms with Crippen molar-refractivity contribution >= 4 is 47.4 Å². The lowest BCUT2D eigenvalue weighted by atomic mass is 9.82. The van der Waals surface area contributed by atoms with Crippen molar-refractivity contribution in [1.82, 2.24) is 51.7 Å². The number of aromatic nitrogens is 2. The van der Waals surface area contributed by atoms with Gasteiger partial charge in [0.25, 0.3) is 11.8 Å². The molecular weight excluding hydrogens is 865 g/mol. The van der Waals surface area contributed by atoms with E-state index in [-0.39, 0.29) is 31.1 Å². The molecule has 0 radical (unpaired) electrons. The van der Waals surface area contributed by atoms with Gasteiger partial charge in [0.05, 0.1) is 30.7 Å². The largest absolute Gasteiger partial charge is 0.444 e. The van der Waals surface area contributed by atoms with Gasteiger partial charge in [-0.05, 0) is 56.9 Å². The van der Waals surface area contributed by atoms with Crippen LogP contribution in [-0.4, -0.2) is 142 Å². The summed E-state index contributed by atoms with van der Waals surface area (Å²) in [5.41, 5.74) is -1.22. The van der Waals surface area contributed by atoms with Gasteiger partial charge in [0, 0.05) is 39.6 Å². The second-order valence-electron chi connectivity index (χ2n) is 19.6. The van der Waals surface area contributed by atoms with Crippen LogP contribution in [0.1, 0.15) is 116 Å². The Morgan fingerprint density at radius 1 is 0.851 bits per heavy atom. The van der Waals surface area contributed by atoms with E-state index in [1.54, 1.807) is 92.9 Å². The Kier molecular flexibility index (Phi) is 19.2. The molecule has 2 aromatic rings. The number of carbonyl (C=O) groups excluding carboxylic acids is 8. The van der Waals surface area contributed by atoms with Crippen LogP contribution in [0.5, 0.6) is 0 Å². The summed E-state index contributed by atoms with van der Waals surface area (Å²) >= 11 is 0. The third-order valence-corrected chi connectivity index (χ3v) is 11.7. The molecular formula is C47H70N10O10. The van der Waals surface area contributed by atoms with E-state index in [1.807, 2.05) is 0 Å². The van der Waals surface area contributed by atoms with Gasteiger partial charge in [-0.1, -0.05) is 83.7 Å². The fourth-order valence-electron chi connectivity index (χ4n) is 8.13. The highest BCUT2D eigenvalue weighted by molar-refractivity contribution is 5.97. The molecule has 0 spiro atoms. The van der Waals surface area contributed by atoms with Crippen molar-refractivity contribution in [3.05, 3.63) is 60.2 Å².